The summed E-state index contributed by atoms with van der Waals surface area (Å²) in [5.41, 5.74) is 2.64. The van der Waals surface area contributed by atoms with Crippen molar-refractivity contribution in [2.75, 3.05) is 6.54 Å². The van der Waals surface area contributed by atoms with Crippen molar-refractivity contribution >= 4 is 32.8 Å². The molecular weight excluding hydrogens is 432 g/mol. The van der Waals surface area contributed by atoms with Gasteiger partial charge in [-0.3, -0.25) is 14.7 Å². The van der Waals surface area contributed by atoms with E-state index in [1.54, 1.807) is 6.20 Å². The number of likely N-dealkylation sites (tertiary alicyclic amines) is 1. The lowest BCUT2D eigenvalue weighted by molar-refractivity contribution is -0.151. The average Bonchev–Trinajstić information content (AvgIpc) is 3.00. The van der Waals surface area contributed by atoms with E-state index in [-0.39, 0.29) is 24.7 Å². The highest BCUT2D eigenvalue weighted by atomic mass is 79.9. The maximum absolute atomic E-state index is 12.0. The van der Waals surface area contributed by atoms with Gasteiger partial charge in [-0.05, 0) is 61.9 Å². The number of alkyl halides is 1. The van der Waals surface area contributed by atoms with E-state index < -0.39 is 0 Å². The molecule has 4 rings (SSSR count). The first-order valence-electron chi connectivity index (χ1n) is 10.5. The minimum atomic E-state index is -0.369. The number of rotatable bonds is 6. The van der Waals surface area contributed by atoms with Crippen LogP contribution in [0.4, 0.5) is 0 Å². The molecule has 2 aromatic rings. The summed E-state index contributed by atoms with van der Waals surface area (Å²) in [6, 6.07) is 8.34. The quantitative estimate of drug-likeness (QED) is 0.516. The van der Waals surface area contributed by atoms with E-state index in [0.717, 1.165) is 40.4 Å². The summed E-state index contributed by atoms with van der Waals surface area (Å²) in [6.07, 6.45) is 3.80. The largest absolute Gasteiger partial charge is 0.456 e. The van der Waals surface area contributed by atoms with Crippen LogP contribution in [-0.2, 0) is 16.1 Å². The maximum Gasteiger partial charge on any atom is 0.303 e. The van der Waals surface area contributed by atoms with E-state index in [1.807, 2.05) is 24.3 Å². The molecule has 0 amide bonds. The summed E-state index contributed by atoms with van der Waals surface area (Å²) in [5, 5.41) is 10.5. The van der Waals surface area contributed by atoms with Crippen LogP contribution < -0.4 is 0 Å². The lowest BCUT2D eigenvalue weighted by Crippen LogP contribution is -2.52. The van der Waals surface area contributed by atoms with Gasteiger partial charge < -0.3 is 9.84 Å². The molecule has 6 heteroatoms. The molecule has 0 bridgehead atoms. The Bertz CT molecular complexity index is 903. The van der Waals surface area contributed by atoms with Gasteiger partial charge in [0.15, 0.2) is 0 Å². The number of benzene rings is 1. The highest BCUT2D eigenvalue weighted by molar-refractivity contribution is 9.09. The van der Waals surface area contributed by atoms with E-state index >= 15 is 0 Å². The van der Waals surface area contributed by atoms with Crippen LogP contribution in [0.15, 0.2) is 30.5 Å². The van der Waals surface area contributed by atoms with Crippen LogP contribution >= 0.6 is 15.9 Å². The average molecular weight is 461 g/mol. The van der Waals surface area contributed by atoms with Crippen molar-refractivity contribution < 1.29 is 14.6 Å². The number of esters is 1. The molecule has 2 aliphatic rings. The number of ether oxygens (including phenoxy) is 1. The molecule has 2 heterocycles. The highest BCUT2D eigenvalue weighted by Crippen LogP contribution is 2.50. The number of fused-ring (bicyclic) bond motifs is 2. The Kier molecular flexibility index (Phi) is 5.96. The minimum Gasteiger partial charge on any atom is -0.456 e. The lowest BCUT2D eigenvalue weighted by Gasteiger charge is -2.48. The first-order chi connectivity index (χ1) is 13.9. The van der Waals surface area contributed by atoms with Crippen molar-refractivity contribution in [3.05, 3.63) is 41.6 Å². The molecule has 0 radical (unpaired) electrons. The molecule has 1 aliphatic carbocycles. The first-order valence-corrected chi connectivity index (χ1v) is 11.4. The first kappa shape index (κ1) is 20.8. The fraction of sp³-hybridized carbons (Fsp3) is 0.565. The van der Waals surface area contributed by atoms with Gasteiger partial charge in [-0.15, -0.1) is 0 Å². The predicted molar refractivity (Wildman–Crippen MR) is 117 cm³/mol. The zero-order chi connectivity index (χ0) is 20.7. The lowest BCUT2D eigenvalue weighted by atomic mass is 9.68. The molecule has 1 N–H and O–H groups in total. The zero-order valence-corrected chi connectivity index (χ0v) is 18.8. The molecular formula is C23H29BrN2O3. The van der Waals surface area contributed by atoms with Crippen LogP contribution in [0.25, 0.3) is 10.9 Å². The summed E-state index contributed by atoms with van der Waals surface area (Å²) < 4.78 is 5.89. The molecule has 2 unspecified atom stereocenters. The molecule has 2 fully saturated rings. The molecule has 1 saturated heterocycles. The van der Waals surface area contributed by atoms with Crippen molar-refractivity contribution in [1.82, 2.24) is 9.88 Å². The summed E-state index contributed by atoms with van der Waals surface area (Å²) in [6.45, 7) is 6.90. The minimum absolute atomic E-state index is 0.0277. The normalized spacial score (nSPS) is 27.1. The van der Waals surface area contributed by atoms with Gasteiger partial charge in [0.1, 0.15) is 6.10 Å². The Hall–Kier alpha value is -1.50. The van der Waals surface area contributed by atoms with Gasteiger partial charge >= 0.3 is 5.97 Å². The van der Waals surface area contributed by atoms with Crippen molar-refractivity contribution in [3.8, 4) is 0 Å². The standard InChI is InChI=1S/C23H29BrN2O3/c1-13(24)19-11-22-17(19)7-9-26(22)14(2)23(29-15(3)28)18-6-8-25-21-5-4-16(12-27)10-20(18)21/h4-6,8,10,13-14,17,19,22-23,27H,7,9,11-12H2,1-3H3/t13-,14-,17+,19?,22?,23+/m1/s1. The number of hydrogen-bond acceptors (Lipinski definition) is 5. The highest BCUT2D eigenvalue weighted by Gasteiger charge is 2.51. The van der Waals surface area contributed by atoms with Crippen LogP contribution in [-0.4, -0.2) is 44.4 Å². The fourth-order valence-electron chi connectivity index (χ4n) is 5.34. The van der Waals surface area contributed by atoms with Crippen molar-refractivity contribution in [2.45, 2.75) is 63.2 Å². The van der Waals surface area contributed by atoms with Gasteiger partial charge in [0.2, 0.25) is 0 Å². The second kappa shape index (κ2) is 8.32. The fourth-order valence-corrected chi connectivity index (χ4v) is 5.95. The second-order valence-corrected chi connectivity index (χ2v) is 9.96. The molecule has 5 nitrogen and oxygen atoms in total. The third-order valence-electron chi connectivity index (χ3n) is 6.88. The Morgan fingerprint density at radius 1 is 1.38 bits per heavy atom. The van der Waals surface area contributed by atoms with E-state index in [4.69, 9.17) is 4.74 Å². The number of hydrogen-bond donors (Lipinski definition) is 1. The van der Waals surface area contributed by atoms with E-state index in [2.05, 4.69) is 39.7 Å². The van der Waals surface area contributed by atoms with E-state index in [1.165, 1.54) is 19.8 Å². The third kappa shape index (κ3) is 3.82. The number of aromatic nitrogens is 1. The van der Waals surface area contributed by atoms with Gasteiger partial charge in [-0.1, -0.05) is 28.9 Å². The molecule has 1 saturated carbocycles. The Morgan fingerprint density at radius 2 is 2.17 bits per heavy atom. The number of halogens is 1. The second-order valence-electron chi connectivity index (χ2n) is 8.52. The van der Waals surface area contributed by atoms with Crippen molar-refractivity contribution in [1.29, 1.82) is 0 Å². The number of aliphatic hydroxyl groups excluding tert-OH is 1. The summed E-state index contributed by atoms with van der Waals surface area (Å²) >= 11 is 3.77. The van der Waals surface area contributed by atoms with E-state index in [9.17, 15) is 9.90 Å². The predicted octanol–water partition coefficient (Wildman–Crippen LogP) is 4.21. The van der Waals surface area contributed by atoms with Crippen LogP contribution in [0.3, 0.4) is 0 Å². The van der Waals surface area contributed by atoms with Crippen LogP contribution in [0.5, 0.6) is 0 Å². The monoisotopic (exact) mass is 460 g/mol. The number of nitrogens with zero attached hydrogens (tertiary/aromatic N) is 2. The molecule has 1 aromatic heterocycles. The summed E-state index contributed by atoms with van der Waals surface area (Å²) in [7, 11) is 0. The van der Waals surface area contributed by atoms with Gasteiger partial charge in [0.25, 0.3) is 0 Å². The molecule has 1 aliphatic heterocycles. The summed E-state index contributed by atoms with van der Waals surface area (Å²) in [4.78, 5) is 19.5. The molecule has 156 valence electrons. The topological polar surface area (TPSA) is 62.7 Å². The number of aliphatic hydroxyl groups is 1. The van der Waals surface area contributed by atoms with Gasteiger partial charge in [0.05, 0.1) is 12.1 Å². The summed E-state index contributed by atoms with van der Waals surface area (Å²) in [5.74, 6) is 1.18. The Balaban J connectivity index is 1.67. The SMILES string of the molecule is CC(=O)O[C@H](c1ccnc2ccc(CO)cc12)[C@@H](C)N1CC[C@H]2C([C@@H](C)Br)CC21. The molecule has 6 atom stereocenters. The van der Waals surface area contributed by atoms with Crippen LogP contribution in [0.2, 0.25) is 0 Å². The molecule has 1 aromatic carbocycles. The number of carbonyl (C=O) groups excluding carboxylic acids is 1. The van der Waals surface area contributed by atoms with Gasteiger partial charge in [-0.25, -0.2) is 0 Å². The number of carbonyl (C=O) groups is 1. The molecule has 29 heavy (non-hydrogen) atoms. The van der Waals surface area contributed by atoms with Crippen LogP contribution in [0, 0.1) is 11.8 Å². The van der Waals surface area contributed by atoms with Gasteiger partial charge in [-0.2, -0.15) is 0 Å². The Labute approximate surface area is 180 Å². The van der Waals surface area contributed by atoms with E-state index in [0.29, 0.717) is 10.9 Å². The maximum atomic E-state index is 12.0. The Morgan fingerprint density at radius 3 is 2.86 bits per heavy atom. The van der Waals surface area contributed by atoms with Crippen molar-refractivity contribution in [3.63, 3.8) is 0 Å². The third-order valence-corrected chi connectivity index (χ3v) is 7.56. The molecule has 0 spiro atoms. The smallest absolute Gasteiger partial charge is 0.303 e. The zero-order valence-electron chi connectivity index (χ0n) is 17.2. The van der Waals surface area contributed by atoms with Crippen LogP contribution in [0.1, 0.15) is 50.8 Å². The van der Waals surface area contributed by atoms with Gasteiger partial charge in [0, 0.05) is 41.0 Å². The van der Waals surface area contributed by atoms with Crippen molar-refractivity contribution in [2.24, 2.45) is 11.8 Å². The number of pyridine rings is 1.